The number of carbonyl (C=O) groups excluding carboxylic acids is 1. The molecule has 4 heteroatoms. The van der Waals surface area contributed by atoms with Gasteiger partial charge in [0, 0.05) is 13.0 Å². The number of ether oxygens (including phenoxy) is 3. The minimum absolute atomic E-state index is 0.0693. The van der Waals surface area contributed by atoms with Gasteiger partial charge in [0.2, 0.25) is 11.4 Å². The molecule has 1 saturated heterocycles. The van der Waals surface area contributed by atoms with Crippen molar-refractivity contribution in [2.75, 3.05) is 7.11 Å². The van der Waals surface area contributed by atoms with Crippen molar-refractivity contribution in [3.8, 4) is 11.5 Å². The second-order valence-electron chi connectivity index (χ2n) is 5.39. The zero-order valence-corrected chi connectivity index (χ0v) is 11.8. The summed E-state index contributed by atoms with van der Waals surface area (Å²) in [5.74, 6) is 0.133. The van der Waals surface area contributed by atoms with Crippen molar-refractivity contribution in [3.05, 3.63) is 59.7 Å². The third-order valence-corrected chi connectivity index (χ3v) is 4.18. The van der Waals surface area contributed by atoms with Crippen molar-refractivity contribution in [2.45, 2.75) is 18.3 Å². The van der Waals surface area contributed by atoms with Crippen LogP contribution in [0.3, 0.4) is 0 Å². The zero-order valence-electron chi connectivity index (χ0n) is 11.8. The lowest BCUT2D eigenvalue weighted by molar-refractivity contribution is 0.0737. The van der Waals surface area contributed by atoms with Crippen molar-refractivity contribution < 1.29 is 19.0 Å². The Kier molecular flexibility index (Phi) is 2.28. The van der Waals surface area contributed by atoms with Gasteiger partial charge >= 0.3 is 0 Å². The first-order valence-corrected chi connectivity index (χ1v) is 6.78. The molecule has 0 aromatic heterocycles. The highest BCUT2D eigenvalue weighted by molar-refractivity contribution is 6.09. The van der Waals surface area contributed by atoms with Gasteiger partial charge in [0.25, 0.3) is 5.79 Å². The molecule has 0 saturated carbocycles. The van der Waals surface area contributed by atoms with Crippen LogP contribution in [0.1, 0.15) is 22.8 Å². The van der Waals surface area contributed by atoms with Crippen molar-refractivity contribution in [1.29, 1.82) is 0 Å². The first-order valence-electron chi connectivity index (χ1n) is 6.78. The van der Waals surface area contributed by atoms with Crippen molar-refractivity contribution in [1.82, 2.24) is 0 Å². The van der Waals surface area contributed by atoms with Gasteiger partial charge in [-0.05, 0) is 17.7 Å². The molecule has 0 amide bonds. The molecule has 21 heavy (non-hydrogen) atoms. The molecule has 2 aromatic rings. The Hall–Kier alpha value is -2.33. The molecule has 2 aliphatic heterocycles. The van der Waals surface area contributed by atoms with Gasteiger partial charge in [-0.2, -0.15) is 0 Å². The Labute approximate surface area is 122 Å². The monoisotopic (exact) mass is 282 g/mol. The maximum Gasteiger partial charge on any atom is 0.250 e. The van der Waals surface area contributed by atoms with Gasteiger partial charge in [-0.15, -0.1) is 0 Å². The normalized spacial score (nSPS) is 29.1. The van der Waals surface area contributed by atoms with E-state index in [0.717, 1.165) is 5.56 Å². The van der Waals surface area contributed by atoms with Crippen molar-refractivity contribution in [2.24, 2.45) is 0 Å². The summed E-state index contributed by atoms with van der Waals surface area (Å²) in [4.78, 5) is 12.9. The topological polar surface area (TPSA) is 48.1 Å². The minimum Gasteiger partial charge on any atom is -0.497 e. The number of hydrogen-bond acceptors (Lipinski definition) is 4. The van der Waals surface area contributed by atoms with E-state index < -0.39 is 11.4 Å². The second kappa shape index (κ2) is 3.86. The first-order chi connectivity index (χ1) is 10.1. The lowest BCUT2D eigenvalue weighted by Crippen LogP contribution is -2.38. The van der Waals surface area contributed by atoms with Crippen LogP contribution in [0.25, 0.3) is 0 Å². The van der Waals surface area contributed by atoms with Crippen LogP contribution in [0.2, 0.25) is 0 Å². The summed E-state index contributed by atoms with van der Waals surface area (Å²) in [6.45, 7) is 1.79. The molecular formula is C17H14O4. The zero-order chi connectivity index (χ0) is 14.7. The standard InChI is InChI=1S/C17H14O4/c1-16-17(21-16,11-6-4-3-5-7-11)15(18)13-9-8-12(19-2)10-14(13)20-16/h3-10H,1-2H3/t16-,17+/m0/s1. The van der Waals surface area contributed by atoms with Crippen LogP contribution < -0.4 is 9.47 Å². The van der Waals surface area contributed by atoms with E-state index in [4.69, 9.17) is 14.2 Å². The van der Waals surface area contributed by atoms with E-state index in [1.165, 1.54) is 0 Å². The van der Waals surface area contributed by atoms with Crippen LogP contribution in [0.4, 0.5) is 0 Å². The predicted molar refractivity (Wildman–Crippen MR) is 75.6 cm³/mol. The van der Waals surface area contributed by atoms with E-state index in [2.05, 4.69) is 0 Å². The van der Waals surface area contributed by atoms with Crippen LogP contribution in [-0.2, 0) is 10.3 Å². The van der Waals surface area contributed by atoms with E-state index in [0.29, 0.717) is 17.1 Å². The molecule has 0 bridgehead atoms. The van der Waals surface area contributed by atoms with E-state index in [9.17, 15) is 4.79 Å². The Balaban J connectivity index is 1.86. The van der Waals surface area contributed by atoms with Crippen LogP contribution >= 0.6 is 0 Å². The van der Waals surface area contributed by atoms with Crippen molar-refractivity contribution >= 4 is 5.78 Å². The summed E-state index contributed by atoms with van der Waals surface area (Å²) in [5.41, 5.74) is 0.309. The molecule has 2 aliphatic rings. The molecule has 2 heterocycles. The number of ketones is 1. The van der Waals surface area contributed by atoms with Crippen molar-refractivity contribution in [3.63, 3.8) is 0 Å². The number of benzene rings is 2. The molecule has 0 aliphatic carbocycles. The molecule has 4 rings (SSSR count). The molecule has 1 fully saturated rings. The van der Waals surface area contributed by atoms with Crippen LogP contribution in [0.15, 0.2) is 48.5 Å². The average Bonchev–Trinajstić information content (AvgIpc) is 3.15. The molecule has 0 spiro atoms. The van der Waals surface area contributed by atoms with E-state index in [1.807, 2.05) is 30.3 Å². The lowest BCUT2D eigenvalue weighted by atomic mass is 9.84. The van der Waals surface area contributed by atoms with Crippen LogP contribution in [0, 0.1) is 0 Å². The highest BCUT2D eigenvalue weighted by Gasteiger charge is 2.78. The Morgan fingerprint density at radius 1 is 1.10 bits per heavy atom. The Morgan fingerprint density at radius 2 is 1.86 bits per heavy atom. The molecule has 106 valence electrons. The molecule has 0 unspecified atom stereocenters. The predicted octanol–water partition coefficient (Wildman–Crippen LogP) is 2.91. The van der Waals surface area contributed by atoms with E-state index in [1.54, 1.807) is 32.2 Å². The smallest absolute Gasteiger partial charge is 0.250 e. The number of rotatable bonds is 2. The molecule has 2 aromatic carbocycles. The maximum atomic E-state index is 12.9. The largest absolute Gasteiger partial charge is 0.497 e. The second-order valence-corrected chi connectivity index (χ2v) is 5.39. The number of fused-ring (bicyclic) bond motifs is 2. The van der Waals surface area contributed by atoms with Gasteiger partial charge in [0.1, 0.15) is 11.5 Å². The summed E-state index contributed by atoms with van der Waals surface area (Å²) in [6.07, 6.45) is 0. The summed E-state index contributed by atoms with van der Waals surface area (Å²) in [5, 5.41) is 0. The van der Waals surface area contributed by atoms with Gasteiger partial charge < -0.3 is 14.2 Å². The summed E-state index contributed by atoms with van der Waals surface area (Å²) >= 11 is 0. The third kappa shape index (κ3) is 1.45. The van der Waals surface area contributed by atoms with Gasteiger partial charge in [-0.1, -0.05) is 30.3 Å². The first kappa shape index (κ1) is 12.4. The molecule has 2 atom stereocenters. The fourth-order valence-corrected chi connectivity index (χ4v) is 3.04. The summed E-state index contributed by atoms with van der Waals surface area (Å²) in [7, 11) is 1.58. The fraction of sp³-hybridized carbons (Fsp3) is 0.235. The highest BCUT2D eigenvalue weighted by Crippen LogP contribution is 2.61. The van der Waals surface area contributed by atoms with Crippen LogP contribution in [0.5, 0.6) is 11.5 Å². The van der Waals surface area contributed by atoms with E-state index >= 15 is 0 Å². The summed E-state index contributed by atoms with van der Waals surface area (Å²) in [6, 6.07) is 14.7. The molecule has 0 N–H and O–H groups in total. The Morgan fingerprint density at radius 3 is 2.57 bits per heavy atom. The Bertz CT molecular complexity index is 740. The SMILES string of the molecule is COc1ccc2c(c1)O[C@@]1(C)O[C@]1(c1ccccc1)C2=O. The quantitative estimate of drug-likeness (QED) is 0.795. The van der Waals surface area contributed by atoms with Crippen LogP contribution in [-0.4, -0.2) is 18.7 Å². The number of Topliss-reactive ketones (excluding diaryl/α,β-unsaturated/α-hetero) is 1. The molecular weight excluding hydrogens is 268 g/mol. The van der Waals surface area contributed by atoms with Gasteiger partial charge in [-0.3, -0.25) is 4.79 Å². The lowest BCUT2D eigenvalue weighted by Gasteiger charge is -2.25. The number of carbonyl (C=O) groups is 1. The number of hydrogen-bond donors (Lipinski definition) is 0. The molecule has 0 radical (unpaired) electrons. The fourth-order valence-electron chi connectivity index (χ4n) is 3.04. The minimum atomic E-state index is -1.03. The van der Waals surface area contributed by atoms with E-state index in [-0.39, 0.29) is 5.78 Å². The number of methoxy groups -OCH3 is 1. The number of epoxide rings is 1. The third-order valence-electron chi connectivity index (χ3n) is 4.18. The van der Waals surface area contributed by atoms with Gasteiger partial charge in [0.15, 0.2) is 0 Å². The summed E-state index contributed by atoms with van der Waals surface area (Å²) < 4.78 is 16.9. The van der Waals surface area contributed by atoms with Gasteiger partial charge in [-0.25, -0.2) is 0 Å². The average molecular weight is 282 g/mol. The van der Waals surface area contributed by atoms with Gasteiger partial charge in [0.05, 0.1) is 12.7 Å². The highest BCUT2D eigenvalue weighted by atomic mass is 16.8. The maximum absolute atomic E-state index is 12.9. The molecule has 4 nitrogen and oxygen atoms in total.